The minimum atomic E-state index is 0.754. The molecule has 0 spiro atoms. The van der Waals surface area contributed by atoms with Gasteiger partial charge in [-0.3, -0.25) is 4.68 Å². The normalized spacial score (nSPS) is 10.8. The monoisotopic (exact) mass is 211 g/mol. The van der Waals surface area contributed by atoms with Crippen LogP contribution in [0.25, 0.3) is 0 Å². The van der Waals surface area contributed by atoms with Gasteiger partial charge in [0.25, 0.3) is 0 Å². The summed E-state index contributed by atoms with van der Waals surface area (Å²) in [5, 5.41) is 7.59. The van der Waals surface area contributed by atoms with Crippen LogP contribution < -0.4 is 5.32 Å². The molecular weight excluding hydrogens is 190 g/mol. The van der Waals surface area contributed by atoms with Crippen LogP contribution in [0.1, 0.15) is 25.3 Å². The zero-order chi connectivity index (χ0) is 10.9. The third-order valence-electron chi connectivity index (χ3n) is 2.24. The summed E-state index contributed by atoms with van der Waals surface area (Å²) in [6, 6.07) is 0. The SMILES string of the molecule is CCCCn1cc(CNCCOC)cn1. The highest BCUT2D eigenvalue weighted by Crippen LogP contribution is 1.99. The average molecular weight is 211 g/mol. The Kier molecular flexibility index (Phi) is 6.04. The highest BCUT2D eigenvalue weighted by Gasteiger charge is 1.97. The van der Waals surface area contributed by atoms with Crippen LogP contribution in [0, 0.1) is 0 Å². The molecule has 1 aromatic rings. The second kappa shape index (κ2) is 7.43. The largest absolute Gasteiger partial charge is 0.383 e. The van der Waals surface area contributed by atoms with Crippen LogP contribution in [-0.4, -0.2) is 30.0 Å². The van der Waals surface area contributed by atoms with Crippen LogP contribution in [0.15, 0.2) is 12.4 Å². The number of nitrogens with zero attached hydrogens (tertiary/aromatic N) is 2. The standard InChI is InChI=1S/C11H21N3O/c1-3-4-6-14-10-11(9-13-14)8-12-5-7-15-2/h9-10,12H,3-8H2,1-2H3. The van der Waals surface area contributed by atoms with E-state index in [9.17, 15) is 0 Å². The fraction of sp³-hybridized carbons (Fsp3) is 0.727. The van der Waals surface area contributed by atoms with Crippen molar-refractivity contribution in [3.63, 3.8) is 0 Å². The molecule has 4 nitrogen and oxygen atoms in total. The number of unbranched alkanes of at least 4 members (excludes halogenated alkanes) is 1. The first-order valence-corrected chi connectivity index (χ1v) is 5.57. The van der Waals surface area contributed by atoms with E-state index in [2.05, 4.69) is 23.5 Å². The summed E-state index contributed by atoms with van der Waals surface area (Å²) in [6.45, 7) is 5.72. The number of aromatic nitrogens is 2. The molecule has 0 saturated heterocycles. The van der Waals surface area contributed by atoms with Gasteiger partial charge in [-0.25, -0.2) is 0 Å². The van der Waals surface area contributed by atoms with Gasteiger partial charge in [-0.15, -0.1) is 0 Å². The molecule has 0 aliphatic carbocycles. The van der Waals surface area contributed by atoms with Gasteiger partial charge in [0.05, 0.1) is 12.8 Å². The fourth-order valence-corrected chi connectivity index (χ4v) is 1.35. The molecule has 0 amide bonds. The molecule has 0 aliphatic rings. The van der Waals surface area contributed by atoms with Crippen LogP contribution in [-0.2, 0) is 17.8 Å². The van der Waals surface area contributed by atoms with Crippen LogP contribution >= 0.6 is 0 Å². The molecule has 86 valence electrons. The molecule has 0 radical (unpaired) electrons. The lowest BCUT2D eigenvalue weighted by Crippen LogP contribution is -2.18. The minimum absolute atomic E-state index is 0.754. The summed E-state index contributed by atoms with van der Waals surface area (Å²) in [5.41, 5.74) is 1.24. The molecule has 4 heteroatoms. The predicted molar refractivity (Wildman–Crippen MR) is 60.7 cm³/mol. The molecule has 1 rings (SSSR count). The van der Waals surface area contributed by atoms with E-state index in [1.54, 1.807) is 7.11 Å². The topological polar surface area (TPSA) is 39.1 Å². The number of rotatable bonds is 8. The molecule has 0 aromatic carbocycles. The summed E-state index contributed by atoms with van der Waals surface area (Å²) in [6.07, 6.45) is 6.43. The van der Waals surface area contributed by atoms with E-state index in [0.717, 1.165) is 26.2 Å². The van der Waals surface area contributed by atoms with Crippen molar-refractivity contribution in [1.82, 2.24) is 15.1 Å². The van der Waals surface area contributed by atoms with Crippen LogP contribution in [0.3, 0.4) is 0 Å². The van der Waals surface area contributed by atoms with E-state index in [1.165, 1.54) is 18.4 Å². The molecule has 1 aromatic heterocycles. The number of hydrogen-bond donors (Lipinski definition) is 1. The maximum absolute atomic E-state index is 4.95. The van der Waals surface area contributed by atoms with Gasteiger partial charge in [0, 0.05) is 38.5 Å². The number of nitrogens with one attached hydrogen (secondary N) is 1. The Morgan fingerprint density at radius 1 is 1.53 bits per heavy atom. The van der Waals surface area contributed by atoms with Crippen molar-refractivity contribution in [3.05, 3.63) is 18.0 Å². The number of methoxy groups -OCH3 is 1. The van der Waals surface area contributed by atoms with Gasteiger partial charge in [-0.2, -0.15) is 5.10 Å². The summed E-state index contributed by atoms with van der Waals surface area (Å²) in [4.78, 5) is 0. The zero-order valence-electron chi connectivity index (χ0n) is 9.70. The first kappa shape index (κ1) is 12.2. The summed E-state index contributed by atoms with van der Waals surface area (Å²) >= 11 is 0. The van der Waals surface area contributed by atoms with Crippen molar-refractivity contribution in [2.45, 2.75) is 32.9 Å². The van der Waals surface area contributed by atoms with E-state index < -0.39 is 0 Å². The molecule has 0 aliphatic heterocycles. The maximum Gasteiger partial charge on any atom is 0.0587 e. The van der Waals surface area contributed by atoms with Crippen molar-refractivity contribution in [2.24, 2.45) is 0 Å². The van der Waals surface area contributed by atoms with Gasteiger partial charge in [0.1, 0.15) is 0 Å². The van der Waals surface area contributed by atoms with Crippen molar-refractivity contribution >= 4 is 0 Å². The third kappa shape index (κ3) is 4.95. The molecule has 0 bridgehead atoms. The third-order valence-corrected chi connectivity index (χ3v) is 2.24. The first-order valence-electron chi connectivity index (χ1n) is 5.57. The Hall–Kier alpha value is -0.870. The number of hydrogen-bond acceptors (Lipinski definition) is 3. The Balaban J connectivity index is 2.20. The van der Waals surface area contributed by atoms with Crippen LogP contribution in [0.2, 0.25) is 0 Å². The smallest absolute Gasteiger partial charge is 0.0587 e. The van der Waals surface area contributed by atoms with Gasteiger partial charge in [0.2, 0.25) is 0 Å². The van der Waals surface area contributed by atoms with E-state index in [1.807, 2.05) is 10.9 Å². The molecule has 0 unspecified atom stereocenters. The lowest BCUT2D eigenvalue weighted by atomic mass is 10.3. The summed E-state index contributed by atoms with van der Waals surface area (Å²) < 4.78 is 6.97. The number of ether oxygens (including phenoxy) is 1. The number of aryl methyl sites for hydroxylation is 1. The van der Waals surface area contributed by atoms with E-state index in [0.29, 0.717) is 0 Å². The second-order valence-electron chi connectivity index (χ2n) is 3.63. The average Bonchev–Trinajstić information content (AvgIpc) is 2.69. The molecule has 1 heterocycles. The van der Waals surface area contributed by atoms with Crippen molar-refractivity contribution in [2.75, 3.05) is 20.3 Å². The quantitative estimate of drug-likeness (QED) is 0.661. The zero-order valence-corrected chi connectivity index (χ0v) is 9.70. The fourth-order valence-electron chi connectivity index (χ4n) is 1.35. The highest BCUT2D eigenvalue weighted by molar-refractivity contribution is 5.03. The van der Waals surface area contributed by atoms with E-state index >= 15 is 0 Å². The molecule has 0 atom stereocenters. The van der Waals surface area contributed by atoms with E-state index in [4.69, 9.17) is 4.74 Å². The van der Waals surface area contributed by atoms with Crippen molar-refractivity contribution < 1.29 is 4.74 Å². The lowest BCUT2D eigenvalue weighted by molar-refractivity contribution is 0.199. The Labute approximate surface area is 91.6 Å². The van der Waals surface area contributed by atoms with Crippen LogP contribution in [0.4, 0.5) is 0 Å². The summed E-state index contributed by atoms with van der Waals surface area (Å²) in [5.74, 6) is 0. The van der Waals surface area contributed by atoms with Crippen LogP contribution in [0.5, 0.6) is 0 Å². The predicted octanol–water partition coefficient (Wildman–Crippen LogP) is 1.42. The van der Waals surface area contributed by atoms with Gasteiger partial charge >= 0.3 is 0 Å². The molecular formula is C11H21N3O. The molecule has 0 fully saturated rings. The van der Waals surface area contributed by atoms with Gasteiger partial charge in [-0.05, 0) is 6.42 Å². The Morgan fingerprint density at radius 2 is 2.40 bits per heavy atom. The molecule has 15 heavy (non-hydrogen) atoms. The van der Waals surface area contributed by atoms with E-state index in [-0.39, 0.29) is 0 Å². The highest BCUT2D eigenvalue weighted by atomic mass is 16.5. The van der Waals surface area contributed by atoms with Gasteiger partial charge in [-0.1, -0.05) is 13.3 Å². The second-order valence-corrected chi connectivity index (χ2v) is 3.63. The Bertz CT molecular complexity index is 260. The first-order chi connectivity index (χ1) is 7.36. The van der Waals surface area contributed by atoms with Crippen molar-refractivity contribution in [3.8, 4) is 0 Å². The van der Waals surface area contributed by atoms with Gasteiger partial charge in [0.15, 0.2) is 0 Å². The molecule has 1 N–H and O–H groups in total. The maximum atomic E-state index is 4.95. The molecule has 0 saturated carbocycles. The Morgan fingerprint density at radius 3 is 3.13 bits per heavy atom. The lowest BCUT2D eigenvalue weighted by Gasteiger charge is -2.01. The van der Waals surface area contributed by atoms with Gasteiger partial charge < -0.3 is 10.1 Å². The summed E-state index contributed by atoms with van der Waals surface area (Å²) in [7, 11) is 1.71. The minimum Gasteiger partial charge on any atom is -0.383 e. The van der Waals surface area contributed by atoms with Crippen molar-refractivity contribution in [1.29, 1.82) is 0 Å².